The van der Waals surface area contributed by atoms with Crippen molar-refractivity contribution in [3.8, 4) is 0 Å². The van der Waals surface area contributed by atoms with Crippen LogP contribution < -0.4 is 10.6 Å². The van der Waals surface area contributed by atoms with Gasteiger partial charge < -0.3 is 10.6 Å². The Morgan fingerprint density at radius 3 is 2.89 bits per heavy atom. The number of aryl methyl sites for hydroxylation is 1. The van der Waals surface area contributed by atoms with Crippen molar-refractivity contribution in [1.29, 1.82) is 0 Å². The average molecular weight is 242 g/mol. The molecule has 2 atom stereocenters. The summed E-state index contributed by atoms with van der Waals surface area (Å²) in [6, 6.07) is 4.51. The van der Waals surface area contributed by atoms with E-state index in [0.717, 1.165) is 25.1 Å². The van der Waals surface area contributed by atoms with Gasteiger partial charge in [0, 0.05) is 12.5 Å². The molecular formula is C15H18N2O. The van der Waals surface area contributed by atoms with Gasteiger partial charge in [-0.1, -0.05) is 18.6 Å². The van der Waals surface area contributed by atoms with Crippen LogP contribution in [0.1, 0.15) is 42.7 Å². The van der Waals surface area contributed by atoms with Gasteiger partial charge >= 0.3 is 0 Å². The Morgan fingerprint density at radius 1 is 1.06 bits per heavy atom. The van der Waals surface area contributed by atoms with Crippen LogP contribution >= 0.6 is 0 Å². The smallest absolute Gasteiger partial charge is 0.228 e. The summed E-state index contributed by atoms with van der Waals surface area (Å²) in [5.41, 5.74) is 5.00. The first-order chi connectivity index (χ1) is 8.84. The van der Waals surface area contributed by atoms with Gasteiger partial charge in [-0.05, 0) is 42.7 Å². The molecule has 4 rings (SSSR count). The van der Waals surface area contributed by atoms with Crippen molar-refractivity contribution in [2.24, 2.45) is 5.92 Å². The van der Waals surface area contributed by atoms with Crippen LogP contribution in [0.2, 0.25) is 0 Å². The van der Waals surface area contributed by atoms with E-state index in [4.69, 9.17) is 0 Å². The predicted octanol–water partition coefficient (Wildman–Crippen LogP) is 2.88. The van der Waals surface area contributed by atoms with Crippen molar-refractivity contribution in [3.05, 3.63) is 23.3 Å². The first kappa shape index (κ1) is 10.4. The van der Waals surface area contributed by atoms with Crippen molar-refractivity contribution < 1.29 is 4.79 Å². The third kappa shape index (κ3) is 1.33. The number of benzene rings is 1. The molecule has 2 aliphatic heterocycles. The van der Waals surface area contributed by atoms with Gasteiger partial charge in [0.25, 0.3) is 0 Å². The third-order valence-corrected chi connectivity index (χ3v) is 4.75. The van der Waals surface area contributed by atoms with Crippen LogP contribution in [0.15, 0.2) is 12.1 Å². The van der Waals surface area contributed by atoms with E-state index >= 15 is 0 Å². The minimum Gasteiger partial charge on any atom is -0.383 e. The van der Waals surface area contributed by atoms with Crippen LogP contribution in [0.3, 0.4) is 0 Å². The molecule has 18 heavy (non-hydrogen) atoms. The molecule has 3 nitrogen and oxygen atoms in total. The Labute approximate surface area is 107 Å². The fraction of sp³-hybridized carbons (Fsp3) is 0.533. The summed E-state index contributed by atoms with van der Waals surface area (Å²) < 4.78 is 0. The molecule has 2 unspecified atom stereocenters. The van der Waals surface area contributed by atoms with Crippen LogP contribution in [0.4, 0.5) is 11.4 Å². The summed E-state index contributed by atoms with van der Waals surface area (Å²) in [4.78, 5) is 12.2. The van der Waals surface area contributed by atoms with Crippen LogP contribution in [-0.2, 0) is 11.2 Å². The van der Waals surface area contributed by atoms with E-state index < -0.39 is 0 Å². The van der Waals surface area contributed by atoms with E-state index in [1.54, 1.807) is 0 Å². The maximum atomic E-state index is 12.2. The summed E-state index contributed by atoms with van der Waals surface area (Å²) in [5.74, 6) is 0.924. The monoisotopic (exact) mass is 242 g/mol. The van der Waals surface area contributed by atoms with Gasteiger partial charge in [-0.25, -0.2) is 0 Å². The number of anilines is 2. The van der Waals surface area contributed by atoms with Crippen molar-refractivity contribution in [1.82, 2.24) is 0 Å². The number of carbonyl (C=O) groups excluding carboxylic acids is 1. The van der Waals surface area contributed by atoms with Crippen molar-refractivity contribution in [2.45, 2.75) is 38.0 Å². The zero-order valence-electron chi connectivity index (χ0n) is 10.5. The Bertz CT molecular complexity index is 523. The second-order valence-electron chi connectivity index (χ2n) is 5.73. The first-order valence-corrected chi connectivity index (χ1v) is 7.05. The highest BCUT2D eigenvalue weighted by Crippen LogP contribution is 2.49. The highest BCUT2D eigenvalue weighted by molar-refractivity contribution is 6.01. The number of hydrogen-bond donors (Lipinski definition) is 2. The van der Waals surface area contributed by atoms with Crippen LogP contribution in [-0.4, -0.2) is 12.5 Å². The molecule has 1 saturated carbocycles. The van der Waals surface area contributed by atoms with E-state index in [1.165, 1.54) is 36.1 Å². The Balaban J connectivity index is 1.87. The van der Waals surface area contributed by atoms with Gasteiger partial charge in [-0.2, -0.15) is 0 Å². The van der Waals surface area contributed by atoms with Crippen LogP contribution in [0.25, 0.3) is 0 Å². The normalized spacial score (nSPS) is 28.8. The van der Waals surface area contributed by atoms with Crippen molar-refractivity contribution >= 4 is 17.3 Å². The molecule has 2 N–H and O–H groups in total. The van der Waals surface area contributed by atoms with Crippen molar-refractivity contribution in [3.63, 3.8) is 0 Å². The lowest BCUT2D eigenvalue weighted by atomic mass is 9.82. The SMILES string of the molecule is O=C1Nc2c(ccc3c2NCCC3)C2CCCC12. The Morgan fingerprint density at radius 2 is 1.94 bits per heavy atom. The van der Waals surface area contributed by atoms with Crippen molar-refractivity contribution in [2.75, 3.05) is 17.2 Å². The van der Waals surface area contributed by atoms with Gasteiger partial charge in [0.05, 0.1) is 11.4 Å². The lowest BCUT2D eigenvalue weighted by Crippen LogP contribution is -2.31. The number of fused-ring (bicyclic) bond motifs is 5. The molecule has 0 saturated heterocycles. The number of nitrogens with one attached hydrogen (secondary N) is 2. The molecule has 1 aromatic carbocycles. The minimum absolute atomic E-state index is 0.221. The molecule has 1 aromatic rings. The quantitative estimate of drug-likeness (QED) is 0.734. The number of rotatable bonds is 0. The fourth-order valence-electron chi connectivity index (χ4n) is 3.87. The van der Waals surface area contributed by atoms with E-state index in [0.29, 0.717) is 5.92 Å². The highest BCUT2D eigenvalue weighted by Gasteiger charge is 2.40. The van der Waals surface area contributed by atoms with Gasteiger partial charge in [0.2, 0.25) is 5.91 Å². The molecule has 3 aliphatic rings. The fourth-order valence-corrected chi connectivity index (χ4v) is 3.87. The van der Waals surface area contributed by atoms with E-state index in [-0.39, 0.29) is 11.8 Å². The van der Waals surface area contributed by atoms with Gasteiger partial charge in [0.15, 0.2) is 0 Å². The molecule has 94 valence electrons. The standard InChI is InChI=1S/C15H18N2O/c18-15-12-5-1-4-10(12)11-7-6-9-3-2-8-16-13(9)14(11)17-15/h6-7,10,12,16H,1-5,8H2,(H,17,18). The number of hydrogen-bond acceptors (Lipinski definition) is 2. The zero-order valence-corrected chi connectivity index (χ0v) is 10.5. The Hall–Kier alpha value is -1.51. The zero-order chi connectivity index (χ0) is 12.1. The summed E-state index contributed by atoms with van der Waals surface area (Å²) in [5, 5.41) is 6.63. The maximum Gasteiger partial charge on any atom is 0.228 e. The maximum absolute atomic E-state index is 12.2. The third-order valence-electron chi connectivity index (χ3n) is 4.75. The molecule has 1 amide bonds. The molecule has 0 spiro atoms. The highest BCUT2D eigenvalue weighted by atomic mass is 16.2. The van der Waals surface area contributed by atoms with Gasteiger partial charge in [-0.15, -0.1) is 0 Å². The lowest BCUT2D eigenvalue weighted by molar-refractivity contribution is -0.120. The molecular weight excluding hydrogens is 224 g/mol. The second kappa shape index (κ2) is 3.74. The van der Waals surface area contributed by atoms with Crippen LogP contribution in [0, 0.1) is 5.92 Å². The molecule has 0 bridgehead atoms. The number of amides is 1. The summed E-state index contributed by atoms with van der Waals surface area (Å²) >= 11 is 0. The topological polar surface area (TPSA) is 41.1 Å². The minimum atomic E-state index is 0.221. The van der Waals surface area contributed by atoms with Gasteiger partial charge in [-0.3, -0.25) is 4.79 Å². The van der Waals surface area contributed by atoms with E-state index in [9.17, 15) is 4.79 Å². The second-order valence-corrected chi connectivity index (χ2v) is 5.73. The average Bonchev–Trinajstić information content (AvgIpc) is 2.89. The first-order valence-electron chi connectivity index (χ1n) is 7.05. The summed E-state index contributed by atoms with van der Waals surface area (Å²) in [7, 11) is 0. The Kier molecular flexibility index (Phi) is 2.16. The summed E-state index contributed by atoms with van der Waals surface area (Å²) in [6.07, 6.45) is 5.72. The summed E-state index contributed by atoms with van der Waals surface area (Å²) in [6.45, 7) is 1.02. The molecule has 0 aromatic heterocycles. The largest absolute Gasteiger partial charge is 0.383 e. The van der Waals surface area contributed by atoms with E-state index in [2.05, 4.69) is 22.8 Å². The molecule has 2 heterocycles. The lowest BCUT2D eigenvalue weighted by Gasteiger charge is -2.32. The molecule has 0 radical (unpaired) electrons. The van der Waals surface area contributed by atoms with Gasteiger partial charge in [0.1, 0.15) is 0 Å². The molecule has 1 fully saturated rings. The molecule has 3 heteroatoms. The van der Waals surface area contributed by atoms with Crippen LogP contribution in [0.5, 0.6) is 0 Å². The van der Waals surface area contributed by atoms with E-state index in [1.807, 2.05) is 0 Å². The molecule has 1 aliphatic carbocycles. The number of carbonyl (C=O) groups is 1. The predicted molar refractivity (Wildman–Crippen MR) is 72.0 cm³/mol.